The number of amides is 3. The van der Waals surface area contributed by atoms with Crippen molar-refractivity contribution < 1.29 is 19.1 Å². The van der Waals surface area contributed by atoms with Crippen LogP contribution in [-0.2, 0) is 4.74 Å². The Hall–Kier alpha value is -2.25. The smallest absolute Gasteiger partial charge is 0.261 e. The van der Waals surface area contributed by atoms with Crippen LogP contribution in [0, 0.1) is 5.92 Å². The lowest BCUT2D eigenvalue weighted by Gasteiger charge is -2.38. The summed E-state index contributed by atoms with van der Waals surface area (Å²) in [6.07, 6.45) is 2.10. The summed E-state index contributed by atoms with van der Waals surface area (Å²) in [5.74, 6) is -0.418. The molecule has 152 valence electrons. The molecule has 0 bridgehead atoms. The van der Waals surface area contributed by atoms with Crippen LogP contribution in [0.2, 0.25) is 0 Å². The van der Waals surface area contributed by atoms with Crippen LogP contribution in [0.15, 0.2) is 18.2 Å². The van der Waals surface area contributed by atoms with Gasteiger partial charge in [0, 0.05) is 38.3 Å². The Balaban J connectivity index is 1.71. The van der Waals surface area contributed by atoms with Crippen LogP contribution in [0.3, 0.4) is 0 Å². The first-order valence-corrected chi connectivity index (χ1v) is 10.0. The van der Waals surface area contributed by atoms with Gasteiger partial charge in [0.15, 0.2) is 0 Å². The molecule has 1 saturated heterocycles. The molecule has 2 aliphatic heterocycles. The summed E-state index contributed by atoms with van der Waals surface area (Å²) in [7, 11) is 1.45. The number of hydrogen-bond donors (Lipinski definition) is 1. The number of rotatable bonds is 7. The van der Waals surface area contributed by atoms with Gasteiger partial charge in [-0.25, -0.2) is 0 Å². The average molecular weight is 387 g/mol. The standard InChI is InChI=1S/C21H29N3O4/c1-4-14(5-2)18(24-8-10-28-11-9-24)13-22-19(25)15-6-7-16-17(12-15)21(27)23(3)20(16)26/h6-7,12,14,18H,4-5,8-11,13H2,1-3H3,(H,22,25). The molecule has 1 unspecified atom stereocenters. The third kappa shape index (κ3) is 3.95. The molecule has 0 aromatic heterocycles. The number of nitrogens with one attached hydrogen (secondary N) is 1. The summed E-state index contributed by atoms with van der Waals surface area (Å²) in [4.78, 5) is 40.4. The SMILES string of the molecule is CCC(CC)C(CNC(=O)c1ccc2c(c1)C(=O)N(C)C2=O)N1CCOCC1. The maximum Gasteiger partial charge on any atom is 0.261 e. The van der Waals surface area contributed by atoms with Crippen LogP contribution < -0.4 is 5.32 Å². The predicted octanol–water partition coefficient (Wildman–Crippen LogP) is 1.78. The van der Waals surface area contributed by atoms with Crippen molar-refractivity contribution in [3.8, 4) is 0 Å². The Morgan fingerprint density at radius 1 is 1.11 bits per heavy atom. The number of morpholine rings is 1. The maximum atomic E-state index is 12.7. The van der Waals surface area contributed by atoms with Crippen molar-refractivity contribution in [1.82, 2.24) is 15.1 Å². The highest BCUT2D eigenvalue weighted by molar-refractivity contribution is 6.21. The first-order valence-electron chi connectivity index (χ1n) is 10.0. The van der Waals surface area contributed by atoms with Gasteiger partial charge in [-0.2, -0.15) is 0 Å². The fraction of sp³-hybridized carbons (Fsp3) is 0.571. The van der Waals surface area contributed by atoms with E-state index in [4.69, 9.17) is 4.74 Å². The number of benzene rings is 1. The molecule has 3 rings (SSSR count). The van der Waals surface area contributed by atoms with Crippen LogP contribution in [0.5, 0.6) is 0 Å². The van der Waals surface area contributed by atoms with Gasteiger partial charge in [-0.1, -0.05) is 26.7 Å². The molecule has 7 nitrogen and oxygen atoms in total. The van der Waals surface area contributed by atoms with Crippen molar-refractivity contribution in [2.45, 2.75) is 32.7 Å². The van der Waals surface area contributed by atoms with E-state index in [1.54, 1.807) is 12.1 Å². The molecule has 0 spiro atoms. The lowest BCUT2D eigenvalue weighted by molar-refractivity contribution is 0.00191. The second-order valence-corrected chi connectivity index (χ2v) is 7.43. The summed E-state index contributed by atoms with van der Waals surface area (Å²) in [6, 6.07) is 4.95. The Morgan fingerprint density at radius 2 is 1.75 bits per heavy atom. The normalized spacial score (nSPS) is 18.5. The van der Waals surface area contributed by atoms with Gasteiger partial charge in [-0.15, -0.1) is 0 Å². The number of carbonyl (C=O) groups is 3. The Morgan fingerprint density at radius 3 is 2.39 bits per heavy atom. The molecule has 0 saturated carbocycles. The van der Waals surface area contributed by atoms with E-state index in [0.29, 0.717) is 29.2 Å². The first kappa shape index (κ1) is 20.5. The number of fused-ring (bicyclic) bond motifs is 1. The monoisotopic (exact) mass is 387 g/mol. The number of ether oxygens (including phenoxy) is 1. The van der Waals surface area contributed by atoms with Gasteiger partial charge in [-0.05, 0) is 24.1 Å². The second kappa shape index (κ2) is 8.84. The average Bonchev–Trinajstić information content (AvgIpc) is 2.95. The van der Waals surface area contributed by atoms with Crippen molar-refractivity contribution >= 4 is 17.7 Å². The van der Waals surface area contributed by atoms with Crippen molar-refractivity contribution in [3.05, 3.63) is 34.9 Å². The zero-order valence-corrected chi connectivity index (χ0v) is 16.9. The fourth-order valence-electron chi connectivity index (χ4n) is 4.14. The molecule has 1 aromatic carbocycles. The molecule has 3 amide bonds. The van der Waals surface area contributed by atoms with E-state index < -0.39 is 0 Å². The van der Waals surface area contributed by atoms with E-state index in [-0.39, 0.29) is 23.8 Å². The fourth-order valence-corrected chi connectivity index (χ4v) is 4.14. The number of carbonyl (C=O) groups excluding carboxylic acids is 3. The van der Waals surface area contributed by atoms with Gasteiger partial charge in [-0.3, -0.25) is 24.2 Å². The van der Waals surface area contributed by atoms with Gasteiger partial charge < -0.3 is 10.1 Å². The molecule has 0 radical (unpaired) electrons. The molecular weight excluding hydrogens is 358 g/mol. The summed E-state index contributed by atoms with van der Waals surface area (Å²) in [6.45, 7) is 8.11. The van der Waals surface area contributed by atoms with E-state index >= 15 is 0 Å². The van der Waals surface area contributed by atoms with Gasteiger partial charge in [0.1, 0.15) is 0 Å². The van der Waals surface area contributed by atoms with Gasteiger partial charge in [0.05, 0.1) is 24.3 Å². The van der Waals surface area contributed by atoms with Crippen LogP contribution in [0.25, 0.3) is 0 Å². The Labute approximate surface area is 166 Å². The Bertz CT molecular complexity index is 754. The van der Waals surface area contributed by atoms with E-state index in [9.17, 15) is 14.4 Å². The molecule has 28 heavy (non-hydrogen) atoms. The second-order valence-electron chi connectivity index (χ2n) is 7.43. The minimum Gasteiger partial charge on any atom is -0.379 e. The quantitative estimate of drug-likeness (QED) is 0.722. The number of hydrogen-bond acceptors (Lipinski definition) is 5. The maximum absolute atomic E-state index is 12.7. The number of imide groups is 1. The lowest BCUT2D eigenvalue weighted by atomic mass is 9.92. The van der Waals surface area contributed by atoms with Crippen molar-refractivity contribution in [2.24, 2.45) is 5.92 Å². The topological polar surface area (TPSA) is 79.0 Å². The van der Waals surface area contributed by atoms with E-state index in [0.717, 1.165) is 44.0 Å². The first-order chi connectivity index (χ1) is 13.5. The van der Waals surface area contributed by atoms with E-state index in [1.165, 1.54) is 13.1 Å². The van der Waals surface area contributed by atoms with Gasteiger partial charge in [0.25, 0.3) is 17.7 Å². The minimum atomic E-state index is -0.363. The highest BCUT2D eigenvalue weighted by Gasteiger charge is 2.33. The highest BCUT2D eigenvalue weighted by atomic mass is 16.5. The molecule has 2 aliphatic rings. The zero-order chi connectivity index (χ0) is 20.3. The molecule has 7 heteroatoms. The van der Waals surface area contributed by atoms with Crippen molar-refractivity contribution in [1.29, 1.82) is 0 Å². The Kier molecular flexibility index (Phi) is 6.46. The lowest BCUT2D eigenvalue weighted by Crippen LogP contribution is -2.52. The molecule has 1 N–H and O–H groups in total. The van der Waals surface area contributed by atoms with Crippen molar-refractivity contribution in [3.63, 3.8) is 0 Å². The molecule has 2 heterocycles. The third-order valence-corrected chi connectivity index (χ3v) is 5.93. The number of nitrogens with zero attached hydrogens (tertiary/aromatic N) is 2. The summed E-state index contributed by atoms with van der Waals surface area (Å²) in [5.41, 5.74) is 1.05. The zero-order valence-electron chi connectivity index (χ0n) is 16.9. The predicted molar refractivity (Wildman–Crippen MR) is 105 cm³/mol. The van der Waals surface area contributed by atoms with E-state index in [2.05, 4.69) is 24.1 Å². The summed E-state index contributed by atoms with van der Waals surface area (Å²) >= 11 is 0. The third-order valence-electron chi connectivity index (χ3n) is 5.93. The molecule has 1 fully saturated rings. The molecule has 1 atom stereocenters. The molecule has 0 aliphatic carbocycles. The minimum absolute atomic E-state index is 0.221. The molecule has 1 aromatic rings. The van der Waals surface area contributed by atoms with Gasteiger partial charge in [0.2, 0.25) is 0 Å². The summed E-state index contributed by atoms with van der Waals surface area (Å²) in [5, 5.41) is 3.04. The van der Waals surface area contributed by atoms with Crippen LogP contribution in [-0.4, -0.2) is 73.5 Å². The molecular formula is C21H29N3O4. The van der Waals surface area contributed by atoms with Crippen LogP contribution in [0.1, 0.15) is 57.8 Å². The van der Waals surface area contributed by atoms with E-state index in [1.807, 2.05) is 0 Å². The summed E-state index contributed by atoms with van der Waals surface area (Å²) < 4.78 is 5.47. The highest BCUT2D eigenvalue weighted by Crippen LogP contribution is 2.23. The van der Waals surface area contributed by atoms with Crippen molar-refractivity contribution in [2.75, 3.05) is 39.9 Å². The largest absolute Gasteiger partial charge is 0.379 e. The van der Waals surface area contributed by atoms with Crippen LogP contribution >= 0.6 is 0 Å². The van der Waals surface area contributed by atoms with Crippen LogP contribution in [0.4, 0.5) is 0 Å². The van der Waals surface area contributed by atoms with Gasteiger partial charge >= 0.3 is 0 Å².